The largest absolute Gasteiger partial charge is 0.325 e. The molecule has 0 saturated carbocycles. The van der Waals surface area contributed by atoms with Crippen LogP contribution in [-0.2, 0) is 4.79 Å². The molecule has 1 heterocycles. The molecule has 0 aromatic heterocycles. The first-order valence-electron chi connectivity index (χ1n) is 6.61. The number of halogens is 1. The number of hydrogen-bond donors (Lipinski definition) is 1. The van der Waals surface area contributed by atoms with Crippen LogP contribution in [0.2, 0.25) is 0 Å². The lowest BCUT2D eigenvalue weighted by molar-refractivity contribution is -0.117. The normalized spacial score (nSPS) is 16.6. The summed E-state index contributed by atoms with van der Waals surface area (Å²) in [5.41, 5.74) is 0.487. The van der Waals surface area contributed by atoms with Gasteiger partial charge in [0.15, 0.2) is 0 Å². The minimum atomic E-state index is -0.356. The summed E-state index contributed by atoms with van der Waals surface area (Å²) in [6.45, 7) is 4.36. The maximum Gasteiger partial charge on any atom is 0.238 e. The van der Waals surface area contributed by atoms with Crippen LogP contribution in [-0.4, -0.2) is 55.0 Å². The summed E-state index contributed by atoms with van der Waals surface area (Å²) in [6.07, 6.45) is 5.27. The van der Waals surface area contributed by atoms with Gasteiger partial charge in [0.2, 0.25) is 5.91 Å². The number of carbonyl (C=O) groups excluding carboxylic acids is 1. The van der Waals surface area contributed by atoms with E-state index in [9.17, 15) is 9.18 Å². The van der Waals surface area contributed by atoms with Gasteiger partial charge in [-0.15, -0.1) is 6.42 Å². The highest BCUT2D eigenvalue weighted by Crippen LogP contribution is 2.09. The van der Waals surface area contributed by atoms with Crippen molar-refractivity contribution in [1.82, 2.24) is 9.80 Å². The number of terminal acetylenes is 1. The zero-order chi connectivity index (χ0) is 14.4. The van der Waals surface area contributed by atoms with E-state index >= 15 is 0 Å². The van der Waals surface area contributed by atoms with Crippen LogP contribution in [0.5, 0.6) is 0 Å². The third-order valence-electron chi connectivity index (χ3n) is 3.26. The predicted molar refractivity (Wildman–Crippen MR) is 76.7 cm³/mol. The van der Waals surface area contributed by atoms with Crippen LogP contribution in [0.15, 0.2) is 24.3 Å². The Hall–Kier alpha value is -1.90. The van der Waals surface area contributed by atoms with E-state index in [-0.39, 0.29) is 11.7 Å². The molecule has 1 amide bonds. The van der Waals surface area contributed by atoms with Gasteiger partial charge in [0.25, 0.3) is 0 Å². The van der Waals surface area contributed by atoms with Crippen molar-refractivity contribution in [3.05, 3.63) is 30.1 Å². The van der Waals surface area contributed by atoms with Crippen molar-refractivity contribution in [2.75, 3.05) is 44.6 Å². The first kappa shape index (κ1) is 14.5. The summed E-state index contributed by atoms with van der Waals surface area (Å²) < 4.78 is 13.0. The Balaban J connectivity index is 1.77. The number of benzene rings is 1. The first-order valence-corrected chi connectivity index (χ1v) is 6.61. The SMILES string of the molecule is C#CCN1CCN(CC(=O)Nc2cccc(F)c2)CC1. The fourth-order valence-electron chi connectivity index (χ4n) is 2.20. The van der Waals surface area contributed by atoms with Gasteiger partial charge in [0.1, 0.15) is 5.82 Å². The first-order chi connectivity index (χ1) is 9.67. The molecule has 0 radical (unpaired) electrons. The van der Waals surface area contributed by atoms with Crippen molar-refractivity contribution in [2.45, 2.75) is 0 Å². The molecule has 0 unspecified atom stereocenters. The molecule has 0 spiro atoms. The van der Waals surface area contributed by atoms with Gasteiger partial charge >= 0.3 is 0 Å². The zero-order valence-corrected chi connectivity index (χ0v) is 11.3. The minimum Gasteiger partial charge on any atom is -0.325 e. The number of amides is 1. The Kier molecular flexibility index (Phi) is 5.10. The van der Waals surface area contributed by atoms with Crippen LogP contribution < -0.4 is 5.32 Å². The highest BCUT2D eigenvalue weighted by molar-refractivity contribution is 5.92. The molecule has 0 aliphatic carbocycles. The van der Waals surface area contributed by atoms with Crippen molar-refractivity contribution in [2.24, 2.45) is 0 Å². The number of anilines is 1. The molecule has 106 valence electrons. The number of nitrogens with zero attached hydrogens (tertiary/aromatic N) is 2. The van der Waals surface area contributed by atoms with Gasteiger partial charge in [-0.05, 0) is 18.2 Å². The van der Waals surface area contributed by atoms with Crippen molar-refractivity contribution < 1.29 is 9.18 Å². The fraction of sp³-hybridized carbons (Fsp3) is 0.400. The molecule has 1 saturated heterocycles. The monoisotopic (exact) mass is 275 g/mol. The Bertz CT molecular complexity index is 504. The molecule has 1 aliphatic heterocycles. The van der Waals surface area contributed by atoms with Crippen LogP contribution in [0.1, 0.15) is 0 Å². The van der Waals surface area contributed by atoms with Crippen LogP contribution >= 0.6 is 0 Å². The number of carbonyl (C=O) groups is 1. The van der Waals surface area contributed by atoms with Crippen LogP contribution in [0.25, 0.3) is 0 Å². The van der Waals surface area contributed by atoms with Gasteiger partial charge < -0.3 is 5.32 Å². The molecule has 0 bridgehead atoms. The molecule has 4 nitrogen and oxygen atoms in total. The molecule has 1 aromatic carbocycles. The topological polar surface area (TPSA) is 35.6 Å². The predicted octanol–water partition coefficient (Wildman–Crippen LogP) is 1.01. The maximum atomic E-state index is 13.0. The molecular weight excluding hydrogens is 257 g/mol. The molecule has 2 rings (SSSR count). The highest BCUT2D eigenvalue weighted by Gasteiger charge is 2.18. The number of piperazine rings is 1. The third kappa shape index (κ3) is 4.34. The summed E-state index contributed by atoms with van der Waals surface area (Å²) >= 11 is 0. The average molecular weight is 275 g/mol. The summed E-state index contributed by atoms with van der Waals surface area (Å²) in [5, 5.41) is 2.70. The quantitative estimate of drug-likeness (QED) is 0.833. The maximum absolute atomic E-state index is 13.0. The molecular formula is C15H18FN3O. The van der Waals surface area contributed by atoms with Gasteiger partial charge in [-0.1, -0.05) is 12.0 Å². The van der Waals surface area contributed by atoms with Gasteiger partial charge in [-0.3, -0.25) is 14.6 Å². The lowest BCUT2D eigenvalue weighted by Gasteiger charge is -2.33. The van der Waals surface area contributed by atoms with Crippen molar-refractivity contribution in [3.8, 4) is 12.3 Å². The number of hydrogen-bond acceptors (Lipinski definition) is 3. The lowest BCUT2D eigenvalue weighted by Crippen LogP contribution is -2.48. The van der Waals surface area contributed by atoms with Crippen LogP contribution in [0.4, 0.5) is 10.1 Å². The molecule has 1 aromatic rings. The van der Waals surface area contributed by atoms with E-state index in [0.29, 0.717) is 18.8 Å². The van der Waals surface area contributed by atoms with Crippen LogP contribution in [0.3, 0.4) is 0 Å². The molecule has 1 aliphatic rings. The molecule has 20 heavy (non-hydrogen) atoms. The van der Waals surface area contributed by atoms with Gasteiger partial charge in [-0.2, -0.15) is 0 Å². The zero-order valence-electron chi connectivity index (χ0n) is 11.3. The second-order valence-corrected chi connectivity index (χ2v) is 4.81. The second kappa shape index (κ2) is 7.04. The minimum absolute atomic E-state index is 0.124. The summed E-state index contributed by atoms with van der Waals surface area (Å²) in [4.78, 5) is 16.1. The average Bonchev–Trinajstić information content (AvgIpc) is 2.41. The van der Waals surface area contributed by atoms with Gasteiger partial charge in [0.05, 0.1) is 13.1 Å². The third-order valence-corrected chi connectivity index (χ3v) is 3.26. The van der Waals surface area contributed by atoms with E-state index in [1.165, 1.54) is 12.1 Å². The smallest absolute Gasteiger partial charge is 0.238 e. The molecule has 5 heteroatoms. The van der Waals surface area contributed by atoms with E-state index in [4.69, 9.17) is 6.42 Å². The highest BCUT2D eigenvalue weighted by atomic mass is 19.1. The number of rotatable bonds is 4. The summed E-state index contributed by atoms with van der Waals surface area (Å²) in [7, 11) is 0. The van der Waals surface area contributed by atoms with E-state index in [1.807, 2.05) is 0 Å². The molecule has 1 fully saturated rings. The standard InChI is InChI=1S/C15H18FN3O/c1-2-6-18-7-9-19(10-8-18)12-15(20)17-14-5-3-4-13(16)11-14/h1,3-5,11H,6-10,12H2,(H,17,20). The van der Waals surface area contributed by atoms with Crippen molar-refractivity contribution in [1.29, 1.82) is 0 Å². The molecule has 0 atom stereocenters. The summed E-state index contributed by atoms with van der Waals surface area (Å²) in [6, 6.07) is 5.90. The Morgan fingerprint density at radius 2 is 2.00 bits per heavy atom. The Morgan fingerprint density at radius 1 is 1.30 bits per heavy atom. The Labute approximate surface area is 118 Å². The van der Waals surface area contributed by atoms with Crippen LogP contribution in [0, 0.1) is 18.2 Å². The lowest BCUT2D eigenvalue weighted by atomic mass is 10.3. The van der Waals surface area contributed by atoms with Crippen molar-refractivity contribution >= 4 is 11.6 Å². The fourth-order valence-corrected chi connectivity index (χ4v) is 2.20. The van der Waals surface area contributed by atoms with E-state index < -0.39 is 0 Å². The second-order valence-electron chi connectivity index (χ2n) is 4.81. The van der Waals surface area contributed by atoms with Gasteiger partial charge in [-0.25, -0.2) is 4.39 Å². The van der Waals surface area contributed by atoms with Crippen molar-refractivity contribution in [3.63, 3.8) is 0 Å². The van der Waals surface area contributed by atoms with E-state index in [0.717, 1.165) is 26.2 Å². The number of nitrogens with one attached hydrogen (secondary N) is 1. The summed E-state index contributed by atoms with van der Waals surface area (Å²) in [5.74, 6) is 2.14. The van der Waals surface area contributed by atoms with E-state index in [2.05, 4.69) is 21.0 Å². The Morgan fingerprint density at radius 3 is 2.65 bits per heavy atom. The van der Waals surface area contributed by atoms with Gasteiger partial charge in [0, 0.05) is 31.9 Å². The van der Waals surface area contributed by atoms with E-state index in [1.54, 1.807) is 12.1 Å². The molecule has 1 N–H and O–H groups in total.